The standard InChI is InChI=1S/C24H31N3O4S/c1-31-22-12-9-20(15-23(22)32(29,30)26-21-10-11-21)24(28)25-16-18-5-7-19(8-6-18)17-27-13-3-2-4-14-27/h5-9,12,15,21,26H,2-4,10-11,13-14,16-17H2,1H3,(H,25,28). The van der Waals surface area contributed by atoms with Crippen molar-refractivity contribution in [1.82, 2.24) is 14.9 Å². The van der Waals surface area contributed by atoms with Crippen LogP contribution in [-0.2, 0) is 23.1 Å². The van der Waals surface area contributed by atoms with Gasteiger partial charge in [0.1, 0.15) is 10.6 Å². The summed E-state index contributed by atoms with van der Waals surface area (Å²) >= 11 is 0. The third kappa shape index (κ3) is 5.88. The molecule has 1 aliphatic carbocycles. The zero-order valence-electron chi connectivity index (χ0n) is 18.5. The Hall–Kier alpha value is -2.42. The number of sulfonamides is 1. The van der Waals surface area contributed by atoms with Crippen LogP contribution in [-0.4, -0.2) is 45.5 Å². The van der Waals surface area contributed by atoms with Crippen molar-refractivity contribution in [2.24, 2.45) is 0 Å². The van der Waals surface area contributed by atoms with Crippen LogP contribution in [0.1, 0.15) is 53.6 Å². The highest BCUT2D eigenvalue weighted by Gasteiger charge is 2.30. The number of hydrogen-bond donors (Lipinski definition) is 2. The zero-order valence-corrected chi connectivity index (χ0v) is 19.3. The van der Waals surface area contributed by atoms with Crippen LogP contribution < -0.4 is 14.8 Å². The first-order chi connectivity index (χ1) is 15.4. The fourth-order valence-electron chi connectivity index (χ4n) is 3.93. The summed E-state index contributed by atoms with van der Waals surface area (Å²) in [6, 6.07) is 12.7. The van der Waals surface area contributed by atoms with Gasteiger partial charge in [-0.1, -0.05) is 30.7 Å². The van der Waals surface area contributed by atoms with Gasteiger partial charge in [0, 0.05) is 24.7 Å². The Bertz CT molecular complexity index is 1040. The molecule has 0 radical (unpaired) electrons. The number of nitrogens with one attached hydrogen (secondary N) is 2. The normalized spacial score (nSPS) is 17.2. The lowest BCUT2D eigenvalue weighted by Crippen LogP contribution is -2.29. The smallest absolute Gasteiger partial charge is 0.251 e. The van der Waals surface area contributed by atoms with Crippen molar-refractivity contribution in [2.75, 3.05) is 20.2 Å². The van der Waals surface area contributed by atoms with Gasteiger partial charge in [0.05, 0.1) is 7.11 Å². The highest BCUT2D eigenvalue weighted by atomic mass is 32.2. The van der Waals surface area contributed by atoms with Crippen LogP contribution in [0.4, 0.5) is 0 Å². The van der Waals surface area contributed by atoms with E-state index in [9.17, 15) is 13.2 Å². The Labute approximate surface area is 190 Å². The Morgan fingerprint density at radius 3 is 2.38 bits per heavy atom. The van der Waals surface area contributed by atoms with Crippen molar-refractivity contribution in [3.8, 4) is 5.75 Å². The molecule has 2 N–H and O–H groups in total. The second-order valence-corrected chi connectivity index (χ2v) is 10.3. The van der Waals surface area contributed by atoms with Crippen molar-refractivity contribution < 1.29 is 17.9 Å². The third-order valence-electron chi connectivity index (χ3n) is 5.95. The largest absolute Gasteiger partial charge is 0.495 e. The SMILES string of the molecule is COc1ccc(C(=O)NCc2ccc(CN3CCCCC3)cc2)cc1S(=O)(=O)NC1CC1. The topological polar surface area (TPSA) is 87.7 Å². The molecule has 0 aromatic heterocycles. The summed E-state index contributed by atoms with van der Waals surface area (Å²) < 4.78 is 33.2. The van der Waals surface area contributed by atoms with Gasteiger partial charge in [0.25, 0.3) is 5.91 Å². The van der Waals surface area contributed by atoms with Crippen LogP contribution in [0.5, 0.6) is 5.75 Å². The quantitative estimate of drug-likeness (QED) is 0.604. The maximum Gasteiger partial charge on any atom is 0.251 e. The maximum atomic E-state index is 12.7. The molecule has 172 valence electrons. The van der Waals surface area contributed by atoms with Crippen LogP contribution in [0.2, 0.25) is 0 Å². The number of methoxy groups -OCH3 is 1. The second-order valence-electron chi connectivity index (χ2n) is 8.60. The van der Waals surface area contributed by atoms with Gasteiger partial charge in [0.15, 0.2) is 0 Å². The molecule has 32 heavy (non-hydrogen) atoms. The van der Waals surface area contributed by atoms with Crippen molar-refractivity contribution >= 4 is 15.9 Å². The van der Waals surface area contributed by atoms with Gasteiger partial charge in [-0.2, -0.15) is 0 Å². The van der Waals surface area contributed by atoms with Crippen molar-refractivity contribution in [1.29, 1.82) is 0 Å². The van der Waals surface area contributed by atoms with E-state index < -0.39 is 10.0 Å². The minimum atomic E-state index is -3.74. The number of nitrogens with zero attached hydrogens (tertiary/aromatic N) is 1. The predicted molar refractivity (Wildman–Crippen MR) is 123 cm³/mol. The summed E-state index contributed by atoms with van der Waals surface area (Å²) in [5.74, 6) is -0.105. The number of piperidine rings is 1. The molecule has 2 aromatic carbocycles. The number of ether oxygens (including phenoxy) is 1. The monoisotopic (exact) mass is 457 g/mol. The summed E-state index contributed by atoms with van der Waals surface area (Å²) in [7, 11) is -2.32. The van der Waals surface area contributed by atoms with E-state index in [-0.39, 0.29) is 28.2 Å². The molecule has 0 unspecified atom stereocenters. The average Bonchev–Trinajstić information content (AvgIpc) is 3.62. The lowest BCUT2D eigenvalue weighted by molar-refractivity contribution is 0.0950. The lowest BCUT2D eigenvalue weighted by atomic mass is 10.1. The number of hydrogen-bond acceptors (Lipinski definition) is 5. The average molecular weight is 458 g/mol. The van der Waals surface area contributed by atoms with Crippen molar-refractivity contribution in [2.45, 2.75) is 56.1 Å². The molecule has 1 saturated carbocycles. The van der Waals surface area contributed by atoms with Gasteiger partial charge in [-0.05, 0) is 68.1 Å². The molecular weight excluding hydrogens is 426 g/mol. The molecule has 8 heteroatoms. The third-order valence-corrected chi connectivity index (χ3v) is 7.49. The Kier molecular flexibility index (Phi) is 7.13. The van der Waals surface area contributed by atoms with E-state index in [2.05, 4.69) is 27.1 Å². The van der Waals surface area contributed by atoms with Gasteiger partial charge in [-0.3, -0.25) is 9.69 Å². The van der Waals surface area contributed by atoms with Crippen molar-refractivity contribution in [3.63, 3.8) is 0 Å². The van der Waals surface area contributed by atoms with E-state index in [0.717, 1.165) is 38.0 Å². The summed E-state index contributed by atoms with van der Waals surface area (Å²) in [4.78, 5) is 15.2. The zero-order chi connectivity index (χ0) is 22.6. The highest BCUT2D eigenvalue weighted by molar-refractivity contribution is 7.89. The van der Waals surface area contributed by atoms with Gasteiger partial charge in [-0.25, -0.2) is 13.1 Å². The van der Waals surface area contributed by atoms with Crippen LogP contribution in [0, 0.1) is 0 Å². The molecule has 0 atom stereocenters. The molecule has 1 saturated heterocycles. The maximum absolute atomic E-state index is 12.7. The van der Waals surface area contributed by atoms with Gasteiger partial charge >= 0.3 is 0 Å². The first-order valence-corrected chi connectivity index (χ1v) is 12.7. The highest BCUT2D eigenvalue weighted by Crippen LogP contribution is 2.28. The van der Waals surface area contributed by atoms with E-state index in [1.807, 2.05) is 12.1 Å². The molecule has 1 heterocycles. The summed E-state index contributed by atoms with van der Waals surface area (Å²) in [6.07, 6.45) is 5.54. The summed E-state index contributed by atoms with van der Waals surface area (Å²) in [5.41, 5.74) is 2.55. The molecule has 0 spiro atoms. The lowest BCUT2D eigenvalue weighted by Gasteiger charge is -2.26. The minimum Gasteiger partial charge on any atom is -0.495 e. The van der Waals surface area contributed by atoms with E-state index in [1.54, 1.807) is 6.07 Å². The van der Waals surface area contributed by atoms with E-state index in [1.165, 1.54) is 44.1 Å². The molecule has 1 aliphatic heterocycles. The minimum absolute atomic E-state index is 0.0124. The first kappa shape index (κ1) is 22.8. The number of carbonyl (C=O) groups excluding carboxylic acids is 1. The predicted octanol–water partition coefficient (Wildman–Crippen LogP) is 3.05. The van der Waals surface area contributed by atoms with Crippen LogP contribution in [0.15, 0.2) is 47.4 Å². The molecule has 2 fully saturated rings. The molecule has 0 bridgehead atoms. The van der Waals surface area contributed by atoms with Crippen LogP contribution in [0.3, 0.4) is 0 Å². The van der Waals surface area contributed by atoms with E-state index in [0.29, 0.717) is 6.54 Å². The molecule has 4 rings (SSSR count). The summed E-state index contributed by atoms with van der Waals surface area (Å²) in [5, 5.41) is 2.88. The summed E-state index contributed by atoms with van der Waals surface area (Å²) in [6.45, 7) is 3.66. The number of benzene rings is 2. The molecular formula is C24H31N3O4S. The number of likely N-dealkylation sites (tertiary alicyclic amines) is 1. The number of amides is 1. The van der Waals surface area contributed by atoms with E-state index in [4.69, 9.17) is 4.74 Å². The molecule has 1 amide bonds. The fourth-order valence-corrected chi connectivity index (χ4v) is 5.43. The number of rotatable bonds is 9. The van der Waals surface area contributed by atoms with Crippen molar-refractivity contribution in [3.05, 3.63) is 59.2 Å². The first-order valence-electron chi connectivity index (χ1n) is 11.2. The molecule has 7 nitrogen and oxygen atoms in total. The number of carbonyl (C=O) groups is 1. The fraction of sp³-hybridized carbons (Fsp3) is 0.458. The van der Waals surface area contributed by atoms with Crippen LogP contribution >= 0.6 is 0 Å². The van der Waals surface area contributed by atoms with Gasteiger partial charge < -0.3 is 10.1 Å². The van der Waals surface area contributed by atoms with Gasteiger partial charge in [0.2, 0.25) is 10.0 Å². The molecule has 2 aromatic rings. The van der Waals surface area contributed by atoms with Gasteiger partial charge in [-0.15, -0.1) is 0 Å². The Morgan fingerprint density at radius 1 is 1.03 bits per heavy atom. The molecule has 2 aliphatic rings. The Morgan fingerprint density at radius 2 is 1.72 bits per heavy atom. The Balaban J connectivity index is 1.37. The van der Waals surface area contributed by atoms with Crippen LogP contribution in [0.25, 0.3) is 0 Å². The second kappa shape index (κ2) is 10.0. The van der Waals surface area contributed by atoms with E-state index >= 15 is 0 Å².